The molecule has 0 saturated carbocycles. The Morgan fingerprint density at radius 3 is 2.13 bits per heavy atom. The molecule has 12 heteroatoms. The van der Waals surface area contributed by atoms with E-state index in [-0.39, 0.29) is 23.6 Å². The van der Waals surface area contributed by atoms with Crippen molar-refractivity contribution >= 4 is 35.1 Å². The molecule has 0 saturated heterocycles. The minimum Gasteiger partial charge on any atom is -0.507 e. The zero-order valence-corrected chi connectivity index (χ0v) is 28.1. The average Bonchev–Trinajstić information content (AvgIpc) is 3.55. The molecule has 2 heterocycles. The van der Waals surface area contributed by atoms with E-state index >= 15 is 0 Å². The maximum Gasteiger partial charge on any atom is 0.508 e. The summed E-state index contributed by atoms with van der Waals surface area (Å²) in [4.78, 5) is 28.7. The van der Waals surface area contributed by atoms with E-state index in [1.165, 1.54) is 68.5 Å². The lowest BCUT2D eigenvalue weighted by atomic mass is 9.92. The number of halogens is 1. The molecule has 0 aliphatic heterocycles. The maximum atomic E-state index is 12.4. The van der Waals surface area contributed by atoms with E-state index in [9.17, 15) is 14.7 Å². The van der Waals surface area contributed by atoms with Crippen molar-refractivity contribution in [1.82, 2.24) is 25.1 Å². The Balaban J connectivity index is 1.26. The summed E-state index contributed by atoms with van der Waals surface area (Å²) in [5, 5.41) is 23.9. The molecule has 2 aromatic heterocycles. The number of hydrogen-bond acceptors (Lipinski definition) is 7. The number of anilines is 1. The summed E-state index contributed by atoms with van der Waals surface area (Å²) >= 11 is 6.52. The van der Waals surface area contributed by atoms with Crippen molar-refractivity contribution in [3.8, 4) is 17.1 Å². The third kappa shape index (κ3) is 12.1. The van der Waals surface area contributed by atoms with E-state index in [4.69, 9.17) is 21.1 Å². The molecule has 0 unspecified atom stereocenters. The normalized spacial score (nSPS) is 11.6. The third-order valence-electron chi connectivity index (χ3n) is 7.53. The fourth-order valence-corrected chi connectivity index (χ4v) is 5.40. The van der Waals surface area contributed by atoms with Crippen LogP contribution in [0.2, 0.25) is 5.02 Å². The number of aromatic hydroxyl groups is 1. The van der Waals surface area contributed by atoms with Crippen LogP contribution in [0.3, 0.4) is 0 Å². The van der Waals surface area contributed by atoms with Crippen molar-refractivity contribution < 1.29 is 24.2 Å². The fourth-order valence-electron chi connectivity index (χ4n) is 4.95. The number of carbonyl (C=O) groups excluding carboxylic acids is 2. The van der Waals surface area contributed by atoms with Crippen molar-refractivity contribution in [2.45, 2.75) is 117 Å². The number of rotatable bonds is 19. The van der Waals surface area contributed by atoms with Gasteiger partial charge >= 0.3 is 12.2 Å². The molecule has 0 atom stereocenters. The summed E-state index contributed by atoms with van der Waals surface area (Å²) in [5.41, 5.74) is 1.81. The molecule has 3 rings (SSSR count). The lowest BCUT2D eigenvalue weighted by Gasteiger charge is -2.16. The summed E-state index contributed by atoms with van der Waals surface area (Å²) < 4.78 is 11.7. The van der Waals surface area contributed by atoms with E-state index < -0.39 is 12.2 Å². The van der Waals surface area contributed by atoms with Gasteiger partial charge in [0.15, 0.2) is 11.5 Å². The van der Waals surface area contributed by atoms with Gasteiger partial charge in [0.2, 0.25) is 0 Å². The first-order valence-electron chi connectivity index (χ1n) is 16.4. The van der Waals surface area contributed by atoms with Crippen LogP contribution in [0.25, 0.3) is 17.0 Å². The van der Waals surface area contributed by atoms with Gasteiger partial charge in [0.1, 0.15) is 10.8 Å². The molecule has 0 spiro atoms. The highest BCUT2D eigenvalue weighted by Crippen LogP contribution is 2.34. The Labute approximate surface area is 271 Å². The van der Waals surface area contributed by atoms with Crippen molar-refractivity contribution in [2.24, 2.45) is 0 Å². The molecule has 45 heavy (non-hydrogen) atoms. The topological polar surface area (TPSA) is 143 Å². The Morgan fingerprint density at radius 2 is 1.53 bits per heavy atom. The van der Waals surface area contributed by atoms with Crippen LogP contribution in [0, 0.1) is 0 Å². The SMILES string of the molecule is CCCCCCCCCCCCCCOC(=O)OCCCNC(=O)Nc1ccc(O)c(-c2nc3c(Cl)c(C(C)(C)C)[nH]n3n2)c1. The predicted molar refractivity (Wildman–Crippen MR) is 178 cm³/mol. The quantitative estimate of drug-likeness (QED) is 0.0579. The first-order valence-corrected chi connectivity index (χ1v) is 16.8. The van der Waals surface area contributed by atoms with Gasteiger partial charge in [0, 0.05) is 17.6 Å². The van der Waals surface area contributed by atoms with Gasteiger partial charge in [-0.25, -0.2) is 14.6 Å². The Bertz CT molecular complexity index is 1350. The van der Waals surface area contributed by atoms with Crippen LogP contribution in [0.1, 0.15) is 117 Å². The van der Waals surface area contributed by atoms with Gasteiger partial charge in [-0.2, -0.15) is 4.63 Å². The Kier molecular flexibility index (Phi) is 14.8. The Hall–Kier alpha value is -3.47. The van der Waals surface area contributed by atoms with Gasteiger partial charge in [0.25, 0.3) is 0 Å². The molecular weight excluding hydrogens is 596 g/mol. The van der Waals surface area contributed by atoms with Gasteiger partial charge in [-0.05, 0) is 31.0 Å². The van der Waals surface area contributed by atoms with Crippen molar-refractivity contribution in [3.05, 3.63) is 28.9 Å². The number of amides is 2. The number of nitrogens with zero attached hydrogens (tertiary/aromatic N) is 3. The smallest absolute Gasteiger partial charge is 0.507 e. The van der Waals surface area contributed by atoms with Crippen LogP contribution in [-0.2, 0) is 14.9 Å². The molecular formula is C33H51ClN6O5. The summed E-state index contributed by atoms with van der Waals surface area (Å²) in [6.07, 6.45) is 14.7. The fraction of sp³-hybridized carbons (Fsp3) is 0.636. The molecule has 0 radical (unpaired) electrons. The number of benzene rings is 1. The number of ether oxygens (including phenoxy) is 2. The Morgan fingerprint density at radius 1 is 0.933 bits per heavy atom. The van der Waals surface area contributed by atoms with Crippen LogP contribution in [0.5, 0.6) is 5.75 Å². The van der Waals surface area contributed by atoms with Crippen molar-refractivity contribution in [1.29, 1.82) is 0 Å². The number of aromatic amines is 1. The van der Waals surface area contributed by atoms with E-state index in [0.29, 0.717) is 41.5 Å². The number of nitrogens with one attached hydrogen (secondary N) is 3. The highest BCUT2D eigenvalue weighted by molar-refractivity contribution is 6.34. The number of hydrogen-bond donors (Lipinski definition) is 4. The third-order valence-corrected chi connectivity index (χ3v) is 7.89. The first-order chi connectivity index (χ1) is 21.6. The minimum absolute atomic E-state index is 0.0378. The van der Waals surface area contributed by atoms with Crippen LogP contribution in [-0.4, -0.2) is 56.9 Å². The number of carbonyl (C=O) groups is 2. The van der Waals surface area contributed by atoms with Gasteiger partial charge in [-0.1, -0.05) is 110 Å². The first kappa shape index (κ1) is 36.0. The van der Waals surface area contributed by atoms with E-state index in [0.717, 1.165) is 25.0 Å². The molecule has 4 N–H and O–H groups in total. The summed E-state index contributed by atoms with van der Waals surface area (Å²) in [6.45, 7) is 9.13. The van der Waals surface area contributed by atoms with E-state index in [1.807, 2.05) is 20.8 Å². The van der Waals surface area contributed by atoms with Crippen molar-refractivity contribution in [3.63, 3.8) is 0 Å². The second-order valence-corrected chi connectivity index (χ2v) is 12.9. The van der Waals surface area contributed by atoms with Gasteiger partial charge in [-0.3, -0.25) is 5.10 Å². The number of unbranched alkanes of at least 4 members (excludes halogenated alkanes) is 11. The van der Waals surface area contributed by atoms with Crippen LogP contribution >= 0.6 is 11.6 Å². The number of H-pyrrole nitrogens is 1. The van der Waals surface area contributed by atoms with E-state index in [2.05, 4.69) is 32.7 Å². The van der Waals surface area contributed by atoms with Gasteiger partial charge < -0.3 is 25.2 Å². The van der Waals surface area contributed by atoms with Crippen LogP contribution in [0.4, 0.5) is 15.3 Å². The average molecular weight is 647 g/mol. The summed E-state index contributed by atoms with van der Waals surface area (Å²) in [7, 11) is 0. The monoisotopic (exact) mass is 646 g/mol. The second-order valence-electron chi connectivity index (χ2n) is 12.5. The largest absolute Gasteiger partial charge is 0.508 e. The lowest BCUT2D eigenvalue weighted by Crippen LogP contribution is -2.30. The predicted octanol–water partition coefficient (Wildman–Crippen LogP) is 8.75. The summed E-state index contributed by atoms with van der Waals surface area (Å²) in [5.74, 6) is 0.220. The molecule has 1 aromatic carbocycles. The zero-order chi connectivity index (χ0) is 32.7. The number of phenols is 1. The molecule has 11 nitrogen and oxygen atoms in total. The molecule has 0 aliphatic rings. The highest BCUT2D eigenvalue weighted by atomic mass is 35.5. The van der Waals surface area contributed by atoms with E-state index in [1.54, 1.807) is 12.1 Å². The number of urea groups is 1. The molecule has 0 fully saturated rings. The number of phenolic OH excluding ortho intramolecular Hbond substituents is 1. The molecule has 0 bridgehead atoms. The second kappa shape index (κ2) is 18.5. The molecule has 3 aromatic rings. The molecule has 250 valence electrons. The molecule has 2 amide bonds. The lowest BCUT2D eigenvalue weighted by molar-refractivity contribution is 0.0535. The molecule has 0 aliphatic carbocycles. The highest BCUT2D eigenvalue weighted by Gasteiger charge is 2.25. The van der Waals surface area contributed by atoms with Crippen molar-refractivity contribution in [2.75, 3.05) is 25.1 Å². The minimum atomic E-state index is -0.681. The zero-order valence-electron chi connectivity index (χ0n) is 27.3. The van der Waals surface area contributed by atoms with Gasteiger partial charge in [-0.15, -0.1) is 5.10 Å². The standard InChI is InChI=1S/C33H51ClN6O5/c1-5-6-7-8-9-10-11-12-13-14-15-16-21-44-32(43)45-22-17-20-35-31(42)36-24-18-19-26(41)25(23-24)29-37-30-27(34)28(33(2,3)4)38-40(30)39-29/h18-19,23,38,41H,5-17,20-22H2,1-4H3,(H2,35,36,42). The maximum absolute atomic E-state index is 12.4. The van der Waals surface area contributed by atoms with Crippen LogP contribution in [0.15, 0.2) is 18.2 Å². The summed E-state index contributed by atoms with van der Waals surface area (Å²) in [6, 6.07) is 4.17. The van der Waals surface area contributed by atoms with Gasteiger partial charge in [0.05, 0.1) is 24.5 Å². The number of aromatic nitrogens is 4. The van der Waals surface area contributed by atoms with Crippen LogP contribution < -0.4 is 10.6 Å². The number of fused-ring (bicyclic) bond motifs is 1.